The van der Waals surface area contributed by atoms with Crippen molar-refractivity contribution >= 4 is 21.7 Å². The number of nitrogen functional groups attached to an aromatic ring is 1. The molecular formula is C10H9BrFN3. The van der Waals surface area contributed by atoms with Gasteiger partial charge in [0, 0.05) is 22.6 Å². The number of nitrogens with zero attached hydrogens (tertiary/aromatic N) is 2. The molecule has 0 fully saturated rings. The maximum absolute atomic E-state index is 13.5. The summed E-state index contributed by atoms with van der Waals surface area (Å²) in [6.45, 7) is 0. The number of anilines is 1. The van der Waals surface area contributed by atoms with Gasteiger partial charge in [-0.15, -0.1) is 0 Å². The van der Waals surface area contributed by atoms with Gasteiger partial charge in [-0.3, -0.25) is 4.68 Å². The second kappa shape index (κ2) is 3.66. The van der Waals surface area contributed by atoms with Gasteiger partial charge in [0.15, 0.2) is 0 Å². The molecule has 0 saturated heterocycles. The maximum atomic E-state index is 13.5. The molecule has 0 aliphatic carbocycles. The van der Waals surface area contributed by atoms with E-state index in [1.54, 1.807) is 25.4 Å². The van der Waals surface area contributed by atoms with Crippen molar-refractivity contribution in [2.75, 3.05) is 5.73 Å². The fraction of sp³-hybridized carbons (Fsp3) is 0.100. The molecule has 1 heterocycles. The molecule has 5 heteroatoms. The predicted octanol–water partition coefficient (Wildman–Crippen LogP) is 2.57. The highest BCUT2D eigenvalue weighted by molar-refractivity contribution is 9.10. The SMILES string of the molecule is Cn1ncc(-c2cc(Br)ccc2F)c1N. The van der Waals surface area contributed by atoms with Crippen LogP contribution < -0.4 is 5.73 Å². The molecule has 0 saturated carbocycles. The molecule has 0 radical (unpaired) electrons. The van der Waals surface area contributed by atoms with Gasteiger partial charge in [0.1, 0.15) is 11.6 Å². The normalized spacial score (nSPS) is 10.6. The summed E-state index contributed by atoms with van der Waals surface area (Å²) < 4.78 is 15.8. The molecule has 0 spiro atoms. The molecule has 1 aromatic carbocycles. The quantitative estimate of drug-likeness (QED) is 0.865. The Labute approximate surface area is 94.8 Å². The van der Waals surface area contributed by atoms with Gasteiger partial charge in [-0.05, 0) is 18.2 Å². The van der Waals surface area contributed by atoms with Crippen molar-refractivity contribution in [2.24, 2.45) is 7.05 Å². The van der Waals surface area contributed by atoms with Crippen molar-refractivity contribution in [3.63, 3.8) is 0 Å². The third-order valence-corrected chi connectivity index (χ3v) is 2.70. The van der Waals surface area contributed by atoms with Crippen LogP contribution in [0.3, 0.4) is 0 Å². The Kier molecular flexibility index (Phi) is 2.48. The predicted molar refractivity (Wildman–Crippen MR) is 60.7 cm³/mol. The minimum atomic E-state index is -0.307. The molecule has 1 aromatic heterocycles. The van der Waals surface area contributed by atoms with E-state index in [2.05, 4.69) is 21.0 Å². The van der Waals surface area contributed by atoms with Crippen molar-refractivity contribution in [1.82, 2.24) is 9.78 Å². The standard InChI is InChI=1S/C10H9BrFN3/c1-15-10(13)8(5-14-15)7-4-6(11)2-3-9(7)12/h2-5H,13H2,1H3. The Bertz CT molecular complexity index is 507. The van der Waals surface area contributed by atoms with Crippen LogP contribution in [0.4, 0.5) is 10.2 Å². The molecule has 2 aromatic rings. The molecule has 3 nitrogen and oxygen atoms in total. The van der Waals surface area contributed by atoms with E-state index in [0.29, 0.717) is 16.9 Å². The molecule has 0 amide bonds. The van der Waals surface area contributed by atoms with E-state index in [9.17, 15) is 4.39 Å². The summed E-state index contributed by atoms with van der Waals surface area (Å²) in [5.41, 5.74) is 6.83. The summed E-state index contributed by atoms with van der Waals surface area (Å²) in [6.07, 6.45) is 1.56. The van der Waals surface area contributed by atoms with Crippen molar-refractivity contribution in [1.29, 1.82) is 0 Å². The highest BCUT2D eigenvalue weighted by atomic mass is 79.9. The number of halogens is 2. The van der Waals surface area contributed by atoms with E-state index in [0.717, 1.165) is 4.47 Å². The maximum Gasteiger partial charge on any atom is 0.131 e. The molecule has 0 aliphatic rings. The zero-order valence-electron chi connectivity index (χ0n) is 8.04. The average molecular weight is 270 g/mol. The Morgan fingerprint density at radius 3 is 2.73 bits per heavy atom. The van der Waals surface area contributed by atoms with E-state index in [1.165, 1.54) is 10.7 Å². The Morgan fingerprint density at radius 2 is 2.13 bits per heavy atom. The van der Waals surface area contributed by atoms with Gasteiger partial charge in [0.25, 0.3) is 0 Å². The summed E-state index contributed by atoms with van der Waals surface area (Å²) in [5.74, 6) is 0.143. The molecule has 78 valence electrons. The van der Waals surface area contributed by atoms with E-state index in [4.69, 9.17) is 5.73 Å². The van der Waals surface area contributed by atoms with E-state index in [-0.39, 0.29) is 5.82 Å². The highest BCUT2D eigenvalue weighted by Gasteiger charge is 2.11. The third-order valence-electron chi connectivity index (χ3n) is 2.20. The summed E-state index contributed by atoms with van der Waals surface area (Å²) in [4.78, 5) is 0. The lowest BCUT2D eigenvalue weighted by Crippen LogP contribution is -1.98. The highest BCUT2D eigenvalue weighted by Crippen LogP contribution is 2.29. The number of benzene rings is 1. The first-order chi connectivity index (χ1) is 7.09. The lowest BCUT2D eigenvalue weighted by atomic mass is 10.1. The van der Waals surface area contributed by atoms with Crippen LogP contribution in [0.1, 0.15) is 0 Å². The van der Waals surface area contributed by atoms with Gasteiger partial charge in [-0.1, -0.05) is 15.9 Å². The molecule has 2 rings (SSSR count). The summed E-state index contributed by atoms with van der Waals surface area (Å²) in [6, 6.07) is 4.72. The Balaban J connectivity index is 2.63. The van der Waals surface area contributed by atoms with E-state index >= 15 is 0 Å². The van der Waals surface area contributed by atoms with Crippen molar-refractivity contribution in [3.05, 3.63) is 34.7 Å². The van der Waals surface area contributed by atoms with E-state index < -0.39 is 0 Å². The minimum Gasteiger partial charge on any atom is -0.383 e. The summed E-state index contributed by atoms with van der Waals surface area (Å²) in [7, 11) is 1.72. The van der Waals surface area contributed by atoms with Crippen LogP contribution in [0.25, 0.3) is 11.1 Å². The minimum absolute atomic E-state index is 0.307. The van der Waals surface area contributed by atoms with Gasteiger partial charge >= 0.3 is 0 Å². The molecule has 2 N–H and O–H groups in total. The van der Waals surface area contributed by atoms with Gasteiger partial charge in [-0.2, -0.15) is 5.10 Å². The molecule has 0 aliphatic heterocycles. The zero-order chi connectivity index (χ0) is 11.0. The average Bonchev–Trinajstić information content (AvgIpc) is 2.52. The molecule has 15 heavy (non-hydrogen) atoms. The number of aromatic nitrogens is 2. The first kappa shape index (κ1) is 10.2. The van der Waals surface area contributed by atoms with Crippen molar-refractivity contribution in [3.8, 4) is 11.1 Å². The number of rotatable bonds is 1. The van der Waals surface area contributed by atoms with Crippen molar-refractivity contribution < 1.29 is 4.39 Å². The van der Waals surface area contributed by atoms with Crippen molar-refractivity contribution in [2.45, 2.75) is 0 Å². The molecule has 0 atom stereocenters. The number of hydrogen-bond donors (Lipinski definition) is 1. The van der Waals surface area contributed by atoms with Gasteiger partial charge < -0.3 is 5.73 Å². The first-order valence-corrected chi connectivity index (χ1v) is 5.12. The number of nitrogens with two attached hydrogens (primary N) is 1. The number of hydrogen-bond acceptors (Lipinski definition) is 2. The zero-order valence-corrected chi connectivity index (χ0v) is 9.62. The fourth-order valence-electron chi connectivity index (χ4n) is 1.36. The lowest BCUT2D eigenvalue weighted by molar-refractivity contribution is 0.631. The molecule has 0 unspecified atom stereocenters. The van der Waals surface area contributed by atoms with Crippen LogP contribution in [0, 0.1) is 5.82 Å². The Hall–Kier alpha value is -1.36. The van der Waals surface area contributed by atoms with Crippen LogP contribution in [0.15, 0.2) is 28.9 Å². The molecular weight excluding hydrogens is 261 g/mol. The van der Waals surface area contributed by atoms with Gasteiger partial charge in [0.2, 0.25) is 0 Å². The topological polar surface area (TPSA) is 43.8 Å². The third kappa shape index (κ3) is 1.74. The van der Waals surface area contributed by atoms with Crippen LogP contribution >= 0.6 is 15.9 Å². The summed E-state index contributed by atoms with van der Waals surface area (Å²) in [5, 5.41) is 3.97. The van der Waals surface area contributed by atoms with Crippen LogP contribution in [0.5, 0.6) is 0 Å². The van der Waals surface area contributed by atoms with E-state index in [1.807, 2.05) is 0 Å². The molecule has 0 bridgehead atoms. The largest absolute Gasteiger partial charge is 0.383 e. The first-order valence-electron chi connectivity index (χ1n) is 4.32. The fourth-order valence-corrected chi connectivity index (χ4v) is 1.72. The monoisotopic (exact) mass is 269 g/mol. The second-order valence-corrected chi connectivity index (χ2v) is 4.11. The van der Waals surface area contributed by atoms with Crippen LogP contribution in [-0.4, -0.2) is 9.78 Å². The summed E-state index contributed by atoms with van der Waals surface area (Å²) >= 11 is 3.29. The van der Waals surface area contributed by atoms with Gasteiger partial charge in [-0.25, -0.2) is 4.39 Å². The van der Waals surface area contributed by atoms with Crippen LogP contribution in [0.2, 0.25) is 0 Å². The van der Waals surface area contributed by atoms with Crippen LogP contribution in [-0.2, 0) is 7.05 Å². The Morgan fingerprint density at radius 1 is 1.40 bits per heavy atom. The number of aryl methyl sites for hydroxylation is 1. The lowest BCUT2D eigenvalue weighted by Gasteiger charge is -2.03. The van der Waals surface area contributed by atoms with Gasteiger partial charge in [0.05, 0.1) is 6.20 Å². The second-order valence-electron chi connectivity index (χ2n) is 3.19. The smallest absolute Gasteiger partial charge is 0.131 e.